The highest BCUT2D eigenvalue weighted by molar-refractivity contribution is 5.94. The van der Waals surface area contributed by atoms with Gasteiger partial charge in [0.25, 0.3) is 5.91 Å². The molecule has 2 heterocycles. The zero-order chi connectivity index (χ0) is 11.7. The van der Waals surface area contributed by atoms with Crippen molar-refractivity contribution >= 4 is 11.7 Å². The fourth-order valence-corrected chi connectivity index (χ4v) is 1.49. The van der Waals surface area contributed by atoms with E-state index < -0.39 is 0 Å². The first-order chi connectivity index (χ1) is 7.61. The first-order valence-corrected chi connectivity index (χ1v) is 5.01. The lowest BCUT2D eigenvalue weighted by atomic mass is 10.4. The number of nitrogens with zero attached hydrogens (tertiary/aromatic N) is 4. The Balaban J connectivity index is 2.40. The fourth-order valence-electron chi connectivity index (χ4n) is 1.49. The van der Waals surface area contributed by atoms with Gasteiger partial charge in [-0.3, -0.25) is 9.48 Å². The van der Waals surface area contributed by atoms with E-state index in [2.05, 4.69) is 10.2 Å². The summed E-state index contributed by atoms with van der Waals surface area (Å²) in [6.07, 6.45) is 3.30. The molecule has 0 saturated heterocycles. The van der Waals surface area contributed by atoms with Crippen molar-refractivity contribution in [1.29, 1.82) is 0 Å². The van der Waals surface area contributed by atoms with Crippen molar-refractivity contribution in [2.45, 2.75) is 20.4 Å². The SMILES string of the molecule is CCn1nc(N)cc1C(=O)n1cc(C)cn1. The van der Waals surface area contributed by atoms with Crippen molar-refractivity contribution in [3.63, 3.8) is 0 Å². The molecule has 0 spiro atoms. The van der Waals surface area contributed by atoms with Crippen LogP contribution in [0.4, 0.5) is 5.82 Å². The summed E-state index contributed by atoms with van der Waals surface area (Å²) in [5, 5.41) is 7.98. The number of nitrogen functional groups attached to an aromatic ring is 1. The maximum absolute atomic E-state index is 12.0. The van der Waals surface area contributed by atoms with E-state index in [9.17, 15) is 4.79 Å². The van der Waals surface area contributed by atoms with Crippen molar-refractivity contribution in [2.24, 2.45) is 0 Å². The minimum Gasteiger partial charge on any atom is -0.382 e. The third kappa shape index (κ3) is 1.69. The van der Waals surface area contributed by atoms with Crippen molar-refractivity contribution in [2.75, 3.05) is 5.73 Å². The third-order valence-corrected chi connectivity index (χ3v) is 2.24. The number of aromatic nitrogens is 4. The number of carbonyl (C=O) groups excluding carboxylic acids is 1. The van der Waals surface area contributed by atoms with E-state index in [0.717, 1.165) is 5.56 Å². The van der Waals surface area contributed by atoms with Crippen LogP contribution in [0.3, 0.4) is 0 Å². The highest BCUT2D eigenvalue weighted by Crippen LogP contribution is 2.08. The second-order valence-corrected chi connectivity index (χ2v) is 3.54. The minimum absolute atomic E-state index is 0.223. The standard InChI is InChI=1S/C10H13N5O/c1-3-14-8(4-9(11)13-14)10(16)15-6-7(2)5-12-15/h4-6H,3H2,1-2H3,(H2,11,13). The molecule has 84 valence electrons. The van der Waals surface area contributed by atoms with Crippen LogP contribution in [0.15, 0.2) is 18.5 Å². The maximum Gasteiger partial charge on any atom is 0.296 e. The van der Waals surface area contributed by atoms with Crippen LogP contribution in [0.5, 0.6) is 0 Å². The Morgan fingerprint density at radius 1 is 1.56 bits per heavy atom. The number of hydrogen-bond donors (Lipinski definition) is 1. The molecule has 0 unspecified atom stereocenters. The summed E-state index contributed by atoms with van der Waals surface area (Å²) in [6.45, 7) is 4.37. The number of carbonyl (C=O) groups is 1. The van der Waals surface area contributed by atoms with Gasteiger partial charge in [0.15, 0.2) is 0 Å². The van der Waals surface area contributed by atoms with Gasteiger partial charge in [-0.15, -0.1) is 0 Å². The van der Waals surface area contributed by atoms with Crippen LogP contribution in [0, 0.1) is 6.92 Å². The van der Waals surface area contributed by atoms with Gasteiger partial charge in [0.2, 0.25) is 0 Å². The summed E-state index contributed by atoms with van der Waals surface area (Å²) in [5.74, 6) is 0.119. The van der Waals surface area contributed by atoms with Gasteiger partial charge in [0.05, 0.1) is 6.20 Å². The minimum atomic E-state index is -0.223. The predicted molar refractivity (Wildman–Crippen MR) is 59.0 cm³/mol. The maximum atomic E-state index is 12.0. The number of anilines is 1. The van der Waals surface area contributed by atoms with E-state index >= 15 is 0 Å². The summed E-state index contributed by atoms with van der Waals surface area (Å²) in [6, 6.07) is 1.56. The van der Waals surface area contributed by atoms with Gasteiger partial charge in [0, 0.05) is 18.8 Å². The molecular weight excluding hydrogens is 206 g/mol. The van der Waals surface area contributed by atoms with Gasteiger partial charge in [-0.05, 0) is 19.4 Å². The molecule has 2 N–H and O–H groups in total. The molecule has 0 aromatic carbocycles. The monoisotopic (exact) mass is 219 g/mol. The zero-order valence-corrected chi connectivity index (χ0v) is 9.21. The van der Waals surface area contributed by atoms with E-state index in [0.29, 0.717) is 18.1 Å². The number of aryl methyl sites for hydroxylation is 2. The molecule has 2 rings (SSSR count). The van der Waals surface area contributed by atoms with Crippen LogP contribution in [-0.4, -0.2) is 25.5 Å². The van der Waals surface area contributed by atoms with E-state index in [1.165, 1.54) is 4.68 Å². The summed E-state index contributed by atoms with van der Waals surface area (Å²) in [4.78, 5) is 12.0. The summed E-state index contributed by atoms with van der Waals surface area (Å²) in [7, 11) is 0. The molecule has 6 nitrogen and oxygen atoms in total. The molecular formula is C10H13N5O. The molecule has 16 heavy (non-hydrogen) atoms. The molecule has 6 heteroatoms. The van der Waals surface area contributed by atoms with E-state index in [-0.39, 0.29) is 5.91 Å². The molecule has 0 amide bonds. The van der Waals surface area contributed by atoms with Crippen LogP contribution in [0.25, 0.3) is 0 Å². The van der Waals surface area contributed by atoms with Crippen LogP contribution < -0.4 is 5.73 Å². The van der Waals surface area contributed by atoms with Gasteiger partial charge >= 0.3 is 0 Å². The molecule has 0 aliphatic carbocycles. The largest absolute Gasteiger partial charge is 0.382 e. The van der Waals surface area contributed by atoms with Gasteiger partial charge in [0.1, 0.15) is 11.5 Å². The van der Waals surface area contributed by atoms with E-state index in [1.54, 1.807) is 23.1 Å². The third-order valence-electron chi connectivity index (χ3n) is 2.24. The molecule has 2 aromatic rings. The second kappa shape index (κ2) is 3.80. The molecule has 0 bridgehead atoms. The number of nitrogens with two attached hydrogens (primary N) is 1. The Bertz CT molecular complexity index is 525. The zero-order valence-electron chi connectivity index (χ0n) is 9.21. The lowest BCUT2D eigenvalue weighted by Crippen LogP contribution is -2.17. The fraction of sp³-hybridized carbons (Fsp3) is 0.300. The van der Waals surface area contributed by atoms with Crippen LogP contribution >= 0.6 is 0 Å². The molecule has 0 atom stereocenters. The van der Waals surface area contributed by atoms with Crippen molar-refractivity contribution in [3.8, 4) is 0 Å². The van der Waals surface area contributed by atoms with Gasteiger partial charge < -0.3 is 5.73 Å². The highest BCUT2D eigenvalue weighted by Gasteiger charge is 2.15. The molecule has 0 aliphatic rings. The Kier molecular flexibility index (Phi) is 2.47. The summed E-state index contributed by atoms with van der Waals surface area (Å²) >= 11 is 0. The van der Waals surface area contributed by atoms with Crippen molar-refractivity contribution in [1.82, 2.24) is 19.6 Å². The first kappa shape index (κ1) is 10.4. The lowest BCUT2D eigenvalue weighted by Gasteiger charge is -2.02. The van der Waals surface area contributed by atoms with Crippen molar-refractivity contribution in [3.05, 3.63) is 29.7 Å². The normalized spacial score (nSPS) is 10.6. The Morgan fingerprint density at radius 2 is 2.31 bits per heavy atom. The molecule has 0 saturated carbocycles. The molecule has 0 fully saturated rings. The second-order valence-electron chi connectivity index (χ2n) is 3.54. The molecule has 2 aromatic heterocycles. The lowest BCUT2D eigenvalue weighted by molar-refractivity contribution is 0.0934. The smallest absolute Gasteiger partial charge is 0.296 e. The van der Waals surface area contributed by atoms with Crippen LogP contribution in [-0.2, 0) is 6.54 Å². The van der Waals surface area contributed by atoms with Gasteiger partial charge in [-0.2, -0.15) is 10.2 Å². The average molecular weight is 219 g/mol. The Morgan fingerprint density at radius 3 is 2.88 bits per heavy atom. The van der Waals surface area contributed by atoms with Crippen LogP contribution in [0.1, 0.15) is 23.0 Å². The quantitative estimate of drug-likeness (QED) is 0.805. The number of hydrogen-bond acceptors (Lipinski definition) is 4. The Hall–Kier alpha value is -2.11. The Labute approximate surface area is 92.7 Å². The highest BCUT2D eigenvalue weighted by atomic mass is 16.2. The summed E-state index contributed by atoms with van der Waals surface area (Å²) < 4.78 is 2.85. The molecule has 0 aliphatic heterocycles. The average Bonchev–Trinajstić information content (AvgIpc) is 2.83. The predicted octanol–water partition coefficient (Wildman–Crippen LogP) is 0.679. The molecule has 0 radical (unpaired) electrons. The summed E-state index contributed by atoms with van der Waals surface area (Å²) in [5.41, 5.74) is 6.94. The van der Waals surface area contributed by atoms with Crippen LogP contribution in [0.2, 0.25) is 0 Å². The van der Waals surface area contributed by atoms with E-state index in [1.807, 2.05) is 13.8 Å². The van der Waals surface area contributed by atoms with E-state index in [4.69, 9.17) is 5.73 Å². The van der Waals surface area contributed by atoms with Gasteiger partial charge in [-0.1, -0.05) is 0 Å². The number of rotatable bonds is 2. The van der Waals surface area contributed by atoms with Crippen molar-refractivity contribution < 1.29 is 4.79 Å². The first-order valence-electron chi connectivity index (χ1n) is 5.01. The topological polar surface area (TPSA) is 78.7 Å². The van der Waals surface area contributed by atoms with Gasteiger partial charge in [-0.25, -0.2) is 4.68 Å².